The fourth-order valence-corrected chi connectivity index (χ4v) is 0. The second-order valence-electron chi connectivity index (χ2n) is 0.600. The van der Waals surface area contributed by atoms with Gasteiger partial charge in [-0.05, 0) is 0 Å². The molecular formula is H4O5PbSi. The summed E-state index contributed by atoms with van der Waals surface area (Å²) in [6.45, 7) is 0. The van der Waals surface area contributed by atoms with Crippen molar-refractivity contribution >= 4 is 34.8 Å². The summed E-state index contributed by atoms with van der Waals surface area (Å²) in [5.74, 6) is 0. The summed E-state index contributed by atoms with van der Waals surface area (Å²) >= 11 is 0.0556. The minimum absolute atomic E-state index is 0.0556. The third kappa shape index (κ3) is 255. The molecule has 5 nitrogen and oxygen atoms in total. The number of hydrogen-bond acceptors (Lipinski definition) is 5. The molecule has 0 unspecified atom stereocenters. The molecule has 0 aliphatic heterocycles. The maximum absolute atomic E-state index is 8.39. The second-order valence-corrected chi connectivity index (χ2v) is 1.80. The van der Waals surface area contributed by atoms with Gasteiger partial charge in [-0.25, -0.2) is 0 Å². The first-order chi connectivity index (χ1) is 3.00. The molecule has 0 aromatic carbocycles. The molecule has 7 heavy (non-hydrogen) atoms. The normalized spacial score (nSPS) is 9.14. The third-order valence-electron chi connectivity index (χ3n) is 0. The minimum atomic E-state index is -4.61. The van der Waals surface area contributed by atoms with E-state index in [1.165, 1.54) is 0 Å². The van der Waals surface area contributed by atoms with E-state index in [0.29, 0.717) is 0 Å². The van der Waals surface area contributed by atoms with Gasteiger partial charge in [0.2, 0.25) is 0 Å². The second kappa shape index (κ2) is 4.93. The van der Waals surface area contributed by atoms with Gasteiger partial charge in [0.05, 0.1) is 0 Å². The van der Waals surface area contributed by atoms with Gasteiger partial charge < -0.3 is 19.2 Å². The SMILES string of the molecule is O[Si](O)(O)O.[O]=[Pb]. The molecule has 0 rings (SSSR count). The standard InChI is InChI=1S/H4O4Si.O.Pb/c1-5(2,3)4;;/h1-4H;;. The van der Waals surface area contributed by atoms with E-state index in [2.05, 4.69) is 0 Å². The Morgan fingerprint density at radius 1 is 1.00 bits per heavy atom. The molecule has 7 heteroatoms. The van der Waals surface area contributed by atoms with Crippen LogP contribution in [0, 0.1) is 0 Å². The molecule has 0 saturated heterocycles. The van der Waals surface area contributed by atoms with E-state index >= 15 is 0 Å². The average molecular weight is 319 g/mol. The van der Waals surface area contributed by atoms with Gasteiger partial charge in [0.25, 0.3) is 0 Å². The van der Waals surface area contributed by atoms with Crippen LogP contribution < -0.4 is 0 Å². The Bertz CT molecular complexity index is 31.8. The average Bonchev–Trinajstić information content (AvgIpc) is 1.36. The summed E-state index contributed by atoms with van der Waals surface area (Å²) in [7, 11) is -4.61. The quantitative estimate of drug-likeness (QED) is 0.355. The summed E-state index contributed by atoms with van der Waals surface area (Å²) in [4.78, 5) is 29.3. The van der Waals surface area contributed by atoms with Gasteiger partial charge in [0.15, 0.2) is 0 Å². The van der Waals surface area contributed by atoms with E-state index in [4.69, 9.17) is 21.9 Å². The molecule has 0 aliphatic rings. The zero-order chi connectivity index (χ0) is 6.50. The van der Waals surface area contributed by atoms with Crippen molar-refractivity contribution in [3.05, 3.63) is 0 Å². The topological polar surface area (TPSA) is 98.0 Å². The zero-order valence-corrected chi connectivity index (χ0v) is 8.08. The number of rotatable bonds is 0. The molecule has 0 spiro atoms. The Morgan fingerprint density at radius 2 is 1.00 bits per heavy atom. The molecule has 0 heterocycles. The predicted molar refractivity (Wildman–Crippen MR) is 21.1 cm³/mol. The van der Waals surface area contributed by atoms with E-state index in [1.54, 1.807) is 0 Å². The monoisotopic (exact) mass is 320 g/mol. The van der Waals surface area contributed by atoms with Gasteiger partial charge in [0, 0.05) is 0 Å². The Kier molecular flexibility index (Phi) is 7.53. The molecule has 0 aliphatic carbocycles. The van der Waals surface area contributed by atoms with Crippen LogP contribution >= 0.6 is 0 Å². The summed E-state index contributed by atoms with van der Waals surface area (Å²) in [6, 6.07) is 0. The van der Waals surface area contributed by atoms with Crippen molar-refractivity contribution in [1.29, 1.82) is 0 Å². The van der Waals surface area contributed by atoms with Gasteiger partial charge in [-0.2, -0.15) is 0 Å². The molecule has 4 N–H and O–H groups in total. The Morgan fingerprint density at radius 3 is 1.00 bits per heavy atom. The van der Waals surface area contributed by atoms with E-state index in [1.807, 2.05) is 0 Å². The van der Waals surface area contributed by atoms with Crippen molar-refractivity contribution in [3.63, 3.8) is 0 Å². The van der Waals surface area contributed by atoms with Crippen LogP contribution in [0.25, 0.3) is 0 Å². The van der Waals surface area contributed by atoms with Crippen LogP contribution in [-0.4, -0.2) is 54.0 Å². The molecule has 0 amide bonds. The predicted octanol–water partition coefficient (Wildman–Crippen LogP) is -3.11. The van der Waals surface area contributed by atoms with Crippen LogP contribution in [0.5, 0.6) is 0 Å². The zero-order valence-electron chi connectivity index (χ0n) is 3.20. The maximum atomic E-state index is 8.39. The van der Waals surface area contributed by atoms with Crippen molar-refractivity contribution < 1.29 is 21.9 Å². The Labute approximate surface area is 56.9 Å². The molecule has 0 aromatic rings. The fraction of sp³-hybridized carbons (Fsp3) is 0. The van der Waals surface area contributed by atoms with Gasteiger partial charge in [-0.1, -0.05) is 0 Å². The summed E-state index contributed by atoms with van der Waals surface area (Å²) < 4.78 is 8.39. The van der Waals surface area contributed by atoms with Crippen molar-refractivity contribution in [2.75, 3.05) is 0 Å². The van der Waals surface area contributed by atoms with E-state index in [-0.39, 0.29) is 25.8 Å². The molecule has 2 radical (unpaired) electrons. The van der Waals surface area contributed by atoms with E-state index in [9.17, 15) is 0 Å². The van der Waals surface area contributed by atoms with Crippen LogP contribution in [0.1, 0.15) is 0 Å². The van der Waals surface area contributed by atoms with Crippen molar-refractivity contribution in [2.45, 2.75) is 0 Å². The van der Waals surface area contributed by atoms with Crippen molar-refractivity contribution in [1.82, 2.24) is 0 Å². The van der Waals surface area contributed by atoms with Crippen LogP contribution in [0.15, 0.2) is 0 Å². The van der Waals surface area contributed by atoms with Crippen molar-refractivity contribution in [3.8, 4) is 0 Å². The first-order valence-corrected chi connectivity index (χ1v) is 4.47. The van der Waals surface area contributed by atoms with Crippen LogP contribution in [0.4, 0.5) is 0 Å². The first-order valence-electron chi connectivity index (χ1n) is 1.10. The van der Waals surface area contributed by atoms with Crippen LogP contribution in [-0.2, 0) is 2.69 Å². The molecule has 0 bridgehead atoms. The van der Waals surface area contributed by atoms with Crippen LogP contribution in [0.3, 0.4) is 0 Å². The molecule has 0 atom stereocenters. The fourth-order valence-electron chi connectivity index (χ4n) is 0. The summed E-state index contributed by atoms with van der Waals surface area (Å²) in [5, 5.41) is 0. The van der Waals surface area contributed by atoms with Crippen molar-refractivity contribution in [2.24, 2.45) is 0 Å². The summed E-state index contributed by atoms with van der Waals surface area (Å²) in [6.07, 6.45) is 0. The molecule has 0 fully saturated rings. The Hall–Kier alpha value is 0.779. The molecule has 42 valence electrons. The van der Waals surface area contributed by atoms with Crippen LogP contribution in [0.2, 0.25) is 0 Å². The third-order valence-corrected chi connectivity index (χ3v) is 0. The first kappa shape index (κ1) is 10.7. The number of hydrogen-bond donors (Lipinski definition) is 4. The molecule has 0 aromatic heterocycles. The van der Waals surface area contributed by atoms with E-state index < -0.39 is 9.05 Å². The van der Waals surface area contributed by atoms with Gasteiger partial charge >= 0.3 is 37.5 Å². The van der Waals surface area contributed by atoms with Gasteiger partial charge in [0.1, 0.15) is 0 Å². The Balaban J connectivity index is 0. The summed E-state index contributed by atoms with van der Waals surface area (Å²) in [5.41, 5.74) is 0. The van der Waals surface area contributed by atoms with Gasteiger partial charge in [-0.15, -0.1) is 0 Å². The van der Waals surface area contributed by atoms with Gasteiger partial charge in [-0.3, -0.25) is 0 Å². The molecular weight excluding hydrogens is 315 g/mol. The van der Waals surface area contributed by atoms with E-state index in [0.717, 1.165) is 0 Å². The molecule has 0 saturated carbocycles.